The number of nitriles is 1. The van der Waals surface area contributed by atoms with Crippen molar-refractivity contribution in [2.75, 3.05) is 0 Å². The number of rotatable bonds is 5. The topological polar surface area (TPSA) is 61.7 Å². The van der Waals surface area contributed by atoms with Crippen LogP contribution in [0.25, 0.3) is 22.7 Å². The first kappa shape index (κ1) is 18.8. The average Bonchev–Trinajstić information content (AvgIpc) is 3.15. The van der Waals surface area contributed by atoms with Gasteiger partial charge in [-0.15, -0.1) is 0 Å². The quantitative estimate of drug-likeness (QED) is 0.408. The van der Waals surface area contributed by atoms with Crippen LogP contribution in [-0.4, -0.2) is 9.97 Å². The first-order valence-electron chi connectivity index (χ1n) is 9.16. The molecule has 0 aliphatic rings. The van der Waals surface area contributed by atoms with Crippen LogP contribution >= 0.6 is 11.6 Å². The van der Waals surface area contributed by atoms with Crippen molar-refractivity contribution in [1.29, 1.82) is 5.26 Å². The van der Waals surface area contributed by atoms with Gasteiger partial charge in [0.2, 0.25) is 0 Å². The van der Waals surface area contributed by atoms with E-state index in [4.69, 9.17) is 16.3 Å². The number of aromatic nitrogens is 2. The van der Waals surface area contributed by atoms with Gasteiger partial charge < -0.3 is 9.72 Å². The summed E-state index contributed by atoms with van der Waals surface area (Å²) in [4.78, 5) is 7.75. The summed E-state index contributed by atoms with van der Waals surface area (Å²) in [6, 6.07) is 23.4. The maximum Gasteiger partial charge on any atom is 0.149 e. The Hall–Kier alpha value is -3.55. The smallest absolute Gasteiger partial charge is 0.149 e. The van der Waals surface area contributed by atoms with E-state index in [-0.39, 0.29) is 0 Å². The van der Waals surface area contributed by atoms with E-state index in [0.717, 1.165) is 33.5 Å². The van der Waals surface area contributed by atoms with Crippen LogP contribution in [0.5, 0.6) is 5.75 Å². The number of fused-ring (bicyclic) bond motifs is 1. The van der Waals surface area contributed by atoms with E-state index >= 15 is 0 Å². The van der Waals surface area contributed by atoms with E-state index in [1.54, 1.807) is 0 Å². The third-order valence-corrected chi connectivity index (χ3v) is 4.77. The number of hydrogen-bond donors (Lipinski definition) is 1. The second kappa shape index (κ2) is 8.22. The molecule has 0 spiro atoms. The van der Waals surface area contributed by atoms with E-state index in [2.05, 4.69) is 16.0 Å². The van der Waals surface area contributed by atoms with Crippen LogP contribution in [0.1, 0.15) is 22.5 Å². The molecule has 4 rings (SSSR count). The fourth-order valence-electron chi connectivity index (χ4n) is 2.98. The van der Waals surface area contributed by atoms with Crippen LogP contribution in [0, 0.1) is 18.3 Å². The molecule has 0 saturated heterocycles. The molecule has 1 aromatic heterocycles. The zero-order valence-electron chi connectivity index (χ0n) is 15.8. The Morgan fingerprint density at radius 3 is 2.59 bits per heavy atom. The number of nitrogens with one attached hydrogen (secondary N) is 1. The van der Waals surface area contributed by atoms with Crippen molar-refractivity contribution in [2.45, 2.75) is 13.5 Å². The van der Waals surface area contributed by atoms with Crippen LogP contribution in [0.2, 0.25) is 5.02 Å². The largest absolute Gasteiger partial charge is 0.489 e. The van der Waals surface area contributed by atoms with Gasteiger partial charge in [-0.05, 0) is 66.1 Å². The minimum Gasteiger partial charge on any atom is -0.489 e. The Kier molecular flexibility index (Phi) is 5.33. The molecule has 4 aromatic rings. The van der Waals surface area contributed by atoms with E-state index < -0.39 is 0 Å². The van der Waals surface area contributed by atoms with E-state index in [0.29, 0.717) is 23.0 Å². The van der Waals surface area contributed by atoms with E-state index in [1.807, 2.05) is 79.7 Å². The minimum absolute atomic E-state index is 0.466. The molecule has 3 aromatic carbocycles. The fourth-order valence-corrected chi connectivity index (χ4v) is 3.10. The molecule has 0 bridgehead atoms. The summed E-state index contributed by atoms with van der Waals surface area (Å²) in [5, 5.41) is 10.3. The number of halogens is 1. The summed E-state index contributed by atoms with van der Waals surface area (Å²) in [6.45, 7) is 2.49. The van der Waals surface area contributed by atoms with E-state index in [9.17, 15) is 5.26 Å². The van der Waals surface area contributed by atoms with Crippen molar-refractivity contribution >= 4 is 34.3 Å². The summed E-state index contributed by atoms with van der Waals surface area (Å²) in [5.41, 5.74) is 5.34. The molecule has 0 fully saturated rings. The Labute approximate surface area is 174 Å². The molecule has 0 amide bonds. The molecular formula is C24H18ClN3O. The van der Waals surface area contributed by atoms with Crippen molar-refractivity contribution in [3.63, 3.8) is 0 Å². The Morgan fingerprint density at radius 1 is 1.10 bits per heavy atom. The monoisotopic (exact) mass is 399 g/mol. The second-order valence-corrected chi connectivity index (χ2v) is 7.20. The summed E-state index contributed by atoms with van der Waals surface area (Å²) < 4.78 is 5.81. The van der Waals surface area contributed by atoms with Crippen molar-refractivity contribution < 1.29 is 4.74 Å². The molecule has 142 valence electrons. The molecule has 29 heavy (non-hydrogen) atoms. The lowest BCUT2D eigenvalue weighted by atomic mass is 10.1. The summed E-state index contributed by atoms with van der Waals surface area (Å²) >= 11 is 5.90. The molecular weight excluding hydrogens is 382 g/mol. The van der Waals surface area contributed by atoms with Crippen LogP contribution in [-0.2, 0) is 6.61 Å². The standard InChI is InChI=1S/C24H18ClN3O/c1-16-2-11-22-23(12-16)28-24(27-22)19(14-26)13-17-5-9-21(10-6-17)29-15-18-3-7-20(25)8-4-18/h2-13H,15H2,1H3,(H,27,28). The van der Waals surface area contributed by atoms with Crippen molar-refractivity contribution in [1.82, 2.24) is 9.97 Å². The molecule has 4 nitrogen and oxygen atoms in total. The lowest BCUT2D eigenvalue weighted by Gasteiger charge is -2.06. The minimum atomic E-state index is 0.466. The summed E-state index contributed by atoms with van der Waals surface area (Å²) in [7, 11) is 0. The normalized spacial score (nSPS) is 11.4. The van der Waals surface area contributed by atoms with E-state index in [1.165, 1.54) is 0 Å². The number of allylic oxidation sites excluding steroid dienone is 1. The van der Waals surface area contributed by atoms with Crippen LogP contribution in [0.3, 0.4) is 0 Å². The predicted molar refractivity (Wildman–Crippen MR) is 117 cm³/mol. The molecule has 0 aliphatic heterocycles. The zero-order chi connectivity index (χ0) is 20.2. The highest BCUT2D eigenvalue weighted by Gasteiger charge is 2.08. The van der Waals surface area contributed by atoms with Gasteiger partial charge in [-0.2, -0.15) is 5.26 Å². The third kappa shape index (κ3) is 4.48. The number of imidazole rings is 1. The lowest BCUT2D eigenvalue weighted by Crippen LogP contribution is -1.94. The number of hydrogen-bond acceptors (Lipinski definition) is 3. The highest BCUT2D eigenvalue weighted by molar-refractivity contribution is 6.30. The number of aryl methyl sites for hydroxylation is 1. The third-order valence-electron chi connectivity index (χ3n) is 4.52. The first-order valence-corrected chi connectivity index (χ1v) is 9.54. The first-order chi connectivity index (χ1) is 14.1. The average molecular weight is 400 g/mol. The van der Waals surface area contributed by atoms with Crippen LogP contribution < -0.4 is 4.74 Å². The van der Waals surface area contributed by atoms with Gasteiger partial charge in [-0.25, -0.2) is 4.98 Å². The molecule has 0 atom stereocenters. The maximum absolute atomic E-state index is 9.59. The molecule has 0 saturated carbocycles. The van der Waals surface area contributed by atoms with Gasteiger partial charge in [-0.1, -0.05) is 41.9 Å². The fraction of sp³-hybridized carbons (Fsp3) is 0.0833. The number of nitrogens with zero attached hydrogens (tertiary/aromatic N) is 2. The zero-order valence-corrected chi connectivity index (χ0v) is 16.6. The van der Waals surface area contributed by atoms with Crippen LogP contribution in [0.15, 0.2) is 66.7 Å². The maximum atomic E-state index is 9.59. The van der Waals surface area contributed by atoms with Crippen LogP contribution in [0.4, 0.5) is 0 Å². The molecule has 1 N–H and O–H groups in total. The van der Waals surface area contributed by atoms with Gasteiger partial charge in [0.1, 0.15) is 24.3 Å². The molecule has 0 unspecified atom stereocenters. The van der Waals surface area contributed by atoms with Crippen molar-refractivity contribution in [3.05, 3.63) is 94.3 Å². The Morgan fingerprint density at radius 2 is 1.86 bits per heavy atom. The molecule has 5 heteroatoms. The van der Waals surface area contributed by atoms with Gasteiger partial charge in [0.05, 0.1) is 16.6 Å². The number of aromatic amines is 1. The molecule has 1 heterocycles. The Bertz CT molecular complexity index is 1220. The SMILES string of the molecule is Cc1ccc2nc(C(C#N)=Cc3ccc(OCc4ccc(Cl)cc4)cc3)[nH]c2c1. The lowest BCUT2D eigenvalue weighted by molar-refractivity contribution is 0.306. The molecule has 0 aliphatic carbocycles. The summed E-state index contributed by atoms with van der Waals surface area (Å²) in [6.07, 6.45) is 1.81. The molecule has 0 radical (unpaired) electrons. The highest BCUT2D eigenvalue weighted by atomic mass is 35.5. The number of ether oxygens (including phenoxy) is 1. The van der Waals surface area contributed by atoms with Crippen molar-refractivity contribution in [2.24, 2.45) is 0 Å². The number of benzene rings is 3. The highest BCUT2D eigenvalue weighted by Crippen LogP contribution is 2.22. The van der Waals surface area contributed by atoms with Gasteiger partial charge in [0.25, 0.3) is 0 Å². The second-order valence-electron chi connectivity index (χ2n) is 6.76. The van der Waals surface area contributed by atoms with Gasteiger partial charge >= 0.3 is 0 Å². The van der Waals surface area contributed by atoms with Crippen molar-refractivity contribution in [3.8, 4) is 11.8 Å². The van der Waals surface area contributed by atoms with Gasteiger partial charge in [-0.3, -0.25) is 0 Å². The Balaban J connectivity index is 1.50. The van der Waals surface area contributed by atoms with Gasteiger partial charge in [0, 0.05) is 5.02 Å². The van der Waals surface area contributed by atoms with Gasteiger partial charge in [0.15, 0.2) is 0 Å². The predicted octanol–water partition coefficient (Wildman–Crippen LogP) is 6.17. The number of H-pyrrole nitrogens is 1. The summed E-state index contributed by atoms with van der Waals surface area (Å²) in [5.74, 6) is 1.32.